The number of hydrogen-bond donors (Lipinski definition) is 1. The topological polar surface area (TPSA) is 29.3 Å². The number of nitrogens with zero attached hydrogens (tertiary/aromatic N) is 1. The molecule has 2 rings (SSSR count). The van der Waals surface area contributed by atoms with Crippen molar-refractivity contribution in [3.8, 4) is 0 Å². The predicted molar refractivity (Wildman–Crippen MR) is 85.2 cm³/mol. The van der Waals surface area contributed by atoms with Gasteiger partial charge in [0.25, 0.3) is 0 Å². The molecule has 2 nitrogen and oxygen atoms in total. The first-order valence-electron chi connectivity index (χ1n) is 7.26. The van der Waals surface area contributed by atoms with Crippen LogP contribution in [0.3, 0.4) is 0 Å². The number of piperidine rings is 1. The third-order valence-corrected chi connectivity index (χ3v) is 5.17. The molecule has 0 amide bonds. The van der Waals surface area contributed by atoms with Gasteiger partial charge < -0.3 is 5.73 Å². The van der Waals surface area contributed by atoms with E-state index in [4.69, 9.17) is 5.73 Å². The Kier molecular flexibility index (Phi) is 5.04. The van der Waals surface area contributed by atoms with E-state index in [2.05, 4.69) is 59.8 Å². The SMILES string of the molecule is Cc1cc(C2C(CN)CCCN2C(C)C)ccc1Br. The minimum atomic E-state index is 0.477. The summed E-state index contributed by atoms with van der Waals surface area (Å²) in [6, 6.07) is 7.79. The maximum absolute atomic E-state index is 6.03. The van der Waals surface area contributed by atoms with Gasteiger partial charge in [0.1, 0.15) is 0 Å². The van der Waals surface area contributed by atoms with E-state index >= 15 is 0 Å². The van der Waals surface area contributed by atoms with Gasteiger partial charge in [0, 0.05) is 16.6 Å². The van der Waals surface area contributed by atoms with Crippen molar-refractivity contribution >= 4 is 15.9 Å². The van der Waals surface area contributed by atoms with Crippen LogP contribution in [0.1, 0.15) is 43.9 Å². The molecule has 1 aromatic rings. The number of benzene rings is 1. The van der Waals surface area contributed by atoms with Gasteiger partial charge in [-0.05, 0) is 69.8 Å². The summed E-state index contributed by atoms with van der Waals surface area (Å²) in [5.74, 6) is 0.580. The highest BCUT2D eigenvalue weighted by atomic mass is 79.9. The molecule has 2 atom stereocenters. The summed E-state index contributed by atoms with van der Waals surface area (Å²) in [4.78, 5) is 2.61. The lowest BCUT2D eigenvalue weighted by molar-refractivity contribution is 0.0665. The van der Waals surface area contributed by atoms with Gasteiger partial charge >= 0.3 is 0 Å². The smallest absolute Gasteiger partial charge is 0.0391 e. The minimum Gasteiger partial charge on any atom is -0.330 e. The lowest BCUT2D eigenvalue weighted by Gasteiger charge is -2.44. The van der Waals surface area contributed by atoms with Gasteiger partial charge in [0.2, 0.25) is 0 Å². The first-order chi connectivity index (χ1) is 9.04. The van der Waals surface area contributed by atoms with Crippen LogP contribution in [0.5, 0.6) is 0 Å². The number of hydrogen-bond acceptors (Lipinski definition) is 2. The van der Waals surface area contributed by atoms with E-state index in [1.54, 1.807) is 0 Å². The molecule has 19 heavy (non-hydrogen) atoms. The van der Waals surface area contributed by atoms with Gasteiger partial charge in [-0.15, -0.1) is 0 Å². The molecule has 1 aromatic carbocycles. The summed E-state index contributed by atoms with van der Waals surface area (Å²) in [5, 5.41) is 0. The van der Waals surface area contributed by atoms with Crippen molar-refractivity contribution in [2.24, 2.45) is 11.7 Å². The third-order valence-electron chi connectivity index (χ3n) is 4.28. The van der Waals surface area contributed by atoms with Gasteiger partial charge in [0.15, 0.2) is 0 Å². The van der Waals surface area contributed by atoms with Crippen LogP contribution < -0.4 is 5.73 Å². The van der Waals surface area contributed by atoms with Crippen LogP contribution in [0.15, 0.2) is 22.7 Å². The standard InChI is InChI=1S/C16H25BrN2/c1-11(2)19-8-4-5-14(10-18)16(19)13-6-7-15(17)12(3)9-13/h6-7,9,11,14,16H,4-5,8,10,18H2,1-3H3. The number of aryl methyl sites for hydroxylation is 1. The first kappa shape index (κ1) is 15.0. The zero-order valence-electron chi connectivity index (χ0n) is 12.2. The van der Waals surface area contributed by atoms with E-state index in [-0.39, 0.29) is 0 Å². The number of rotatable bonds is 3. The summed E-state index contributed by atoms with van der Waals surface area (Å²) in [7, 11) is 0. The molecule has 0 saturated carbocycles. The van der Waals surface area contributed by atoms with E-state index in [9.17, 15) is 0 Å². The number of halogens is 1. The Morgan fingerprint density at radius 1 is 1.42 bits per heavy atom. The summed E-state index contributed by atoms with van der Waals surface area (Å²) in [6.07, 6.45) is 2.52. The average molecular weight is 325 g/mol. The molecule has 1 fully saturated rings. The summed E-state index contributed by atoms with van der Waals surface area (Å²) >= 11 is 3.59. The fraction of sp³-hybridized carbons (Fsp3) is 0.625. The molecule has 0 aromatic heterocycles. The van der Waals surface area contributed by atoms with E-state index in [1.807, 2.05) is 0 Å². The van der Waals surface area contributed by atoms with Crippen molar-refractivity contribution in [1.29, 1.82) is 0 Å². The Hall–Kier alpha value is -0.380. The quantitative estimate of drug-likeness (QED) is 0.914. The summed E-state index contributed by atoms with van der Waals surface area (Å²) < 4.78 is 1.19. The Bertz CT molecular complexity index is 431. The van der Waals surface area contributed by atoms with Crippen LogP contribution >= 0.6 is 15.9 Å². The second kappa shape index (κ2) is 6.38. The van der Waals surface area contributed by atoms with Crippen molar-refractivity contribution in [2.75, 3.05) is 13.1 Å². The lowest BCUT2D eigenvalue weighted by Crippen LogP contribution is -2.45. The molecule has 0 spiro atoms. The Morgan fingerprint density at radius 2 is 2.16 bits per heavy atom. The highest BCUT2D eigenvalue weighted by Gasteiger charge is 2.33. The maximum Gasteiger partial charge on any atom is 0.0391 e. The Balaban J connectivity index is 2.36. The van der Waals surface area contributed by atoms with Gasteiger partial charge in [0.05, 0.1) is 0 Å². The lowest BCUT2D eigenvalue weighted by atomic mass is 9.83. The van der Waals surface area contributed by atoms with Crippen LogP contribution in [-0.4, -0.2) is 24.0 Å². The van der Waals surface area contributed by atoms with Crippen LogP contribution in [-0.2, 0) is 0 Å². The Labute approximate surface area is 125 Å². The van der Waals surface area contributed by atoms with E-state index < -0.39 is 0 Å². The normalized spacial score (nSPS) is 24.9. The molecule has 0 radical (unpaired) electrons. The van der Waals surface area contributed by atoms with Crippen LogP contribution in [0, 0.1) is 12.8 Å². The van der Waals surface area contributed by atoms with Crippen LogP contribution in [0.25, 0.3) is 0 Å². The predicted octanol–water partition coefficient (Wildman–Crippen LogP) is 3.88. The molecule has 3 heteroatoms. The minimum absolute atomic E-state index is 0.477. The van der Waals surface area contributed by atoms with Crippen molar-refractivity contribution in [3.63, 3.8) is 0 Å². The number of likely N-dealkylation sites (tertiary alicyclic amines) is 1. The fourth-order valence-corrected chi connectivity index (χ4v) is 3.49. The molecule has 2 N–H and O–H groups in total. The highest BCUT2D eigenvalue weighted by Crippen LogP contribution is 2.37. The van der Waals surface area contributed by atoms with Crippen molar-refractivity contribution in [2.45, 2.75) is 45.7 Å². The largest absolute Gasteiger partial charge is 0.330 e. The van der Waals surface area contributed by atoms with Gasteiger partial charge in [-0.25, -0.2) is 0 Å². The molecular formula is C16H25BrN2. The van der Waals surface area contributed by atoms with E-state index in [0.717, 1.165) is 6.54 Å². The summed E-state index contributed by atoms with van der Waals surface area (Å²) in [5.41, 5.74) is 8.75. The maximum atomic E-state index is 6.03. The van der Waals surface area contributed by atoms with E-state index in [0.29, 0.717) is 18.0 Å². The van der Waals surface area contributed by atoms with E-state index in [1.165, 1.54) is 35.0 Å². The highest BCUT2D eigenvalue weighted by molar-refractivity contribution is 9.10. The fourth-order valence-electron chi connectivity index (χ4n) is 3.25. The monoisotopic (exact) mass is 324 g/mol. The first-order valence-corrected chi connectivity index (χ1v) is 8.05. The molecular weight excluding hydrogens is 300 g/mol. The molecule has 106 valence electrons. The van der Waals surface area contributed by atoms with Crippen molar-refractivity contribution < 1.29 is 0 Å². The molecule has 1 heterocycles. The number of nitrogens with two attached hydrogens (primary N) is 1. The van der Waals surface area contributed by atoms with Crippen molar-refractivity contribution in [1.82, 2.24) is 4.90 Å². The zero-order chi connectivity index (χ0) is 14.0. The zero-order valence-corrected chi connectivity index (χ0v) is 13.8. The van der Waals surface area contributed by atoms with Crippen molar-refractivity contribution in [3.05, 3.63) is 33.8 Å². The average Bonchev–Trinajstić information content (AvgIpc) is 2.41. The molecule has 0 bridgehead atoms. The Morgan fingerprint density at radius 3 is 2.74 bits per heavy atom. The second-order valence-electron chi connectivity index (χ2n) is 5.92. The molecule has 1 aliphatic rings. The van der Waals surface area contributed by atoms with Crippen LogP contribution in [0.2, 0.25) is 0 Å². The van der Waals surface area contributed by atoms with Gasteiger partial charge in [-0.1, -0.05) is 28.1 Å². The second-order valence-corrected chi connectivity index (χ2v) is 6.78. The van der Waals surface area contributed by atoms with Crippen LogP contribution in [0.4, 0.5) is 0 Å². The third kappa shape index (κ3) is 3.21. The molecule has 0 aliphatic carbocycles. The molecule has 2 unspecified atom stereocenters. The summed E-state index contributed by atoms with van der Waals surface area (Å²) in [6.45, 7) is 8.71. The molecule has 1 aliphatic heterocycles. The molecule has 1 saturated heterocycles. The van der Waals surface area contributed by atoms with Gasteiger partial charge in [-0.2, -0.15) is 0 Å². The van der Waals surface area contributed by atoms with Gasteiger partial charge in [-0.3, -0.25) is 4.90 Å².